The van der Waals surface area contributed by atoms with Crippen LogP contribution < -0.4 is 0 Å². The van der Waals surface area contributed by atoms with Gasteiger partial charge in [-0.05, 0) is 157 Å². The van der Waals surface area contributed by atoms with Crippen LogP contribution in [0, 0.1) is 18.3 Å². The molecule has 0 heterocycles. The van der Waals surface area contributed by atoms with Gasteiger partial charge in [-0.3, -0.25) is 0 Å². The highest BCUT2D eigenvalue weighted by atomic mass is 14.3. The van der Waals surface area contributed by atoms with E-state index in [4.69, 9.17) is 0 Å². The lowest BCUT2D eigenvalue weighted by Crippen LogP contribution is -1.91. The Bertz CT molecular complexity index is 3630. The summed E-state index contributed by atoms with van der Waals surface area (Å²) in [6, 6.07) is 69.2. The summed E-state index contributed by atoms with van der Waals surface area (Å²) in [4.78, 5) is 0. The van der Waals surface area contributed by atoms with E-state index < -0.39 is 0 Å². The van der Waals surface area contributed by atoms with Gasteiger partial charge in [0.15, 0.2) is 0 Å². The molecule has 0 aliphatic heterocycles. The molecule has 0 bridgehead atoms. The van der Waals surface area contributed by atoms with E-state index in [9.17, 15) is 5.26 Å². The maximum atomic E-state index is 9.51. The quantitative estimate of drug-likeness (QED) is 0.166. The average Bonchev–Trinajstić information content (AvgIpc) is 3.77. The van der Waals surface area contributed by atoms with Crippen molar-refractivity contribution >= 4 is 75.4 Å². The number of benzene rings is 10. The highest BCUT2D eigenvalue weighted by Gasteiger charge is 2.27. The summed E-state index contributed by atoms with van der Waals surface area (Å²) in [6.45, 7) is 2.09. The Labute approximate surface area is 330 Å². The number of nitrogens with zero attached hydrogens (tertiary/aromatic N) is 1. The second-order valence-electron chi connectivity index (χ2n) is 15.5. The number of nitriles is 1. The van der Waals surface area contributed by atoms with Crippen LogP contribution in [0.5, 0.6) is 0 Å². The fourth-order valence-electron chi connectivity index (χ4n) is 10.2. The molecule has 0 aliphatic carbocycles. The Hall–Kier alpha value is -7.53. The van der Waals surface area contributed by atoms with Crippen LogP contribution in [0.15, 0.2) is 182 Å². The standard InChI is InChI=1S/C56H33N/c1-33-29-34(32-57)25-26-39(33)37-17-10-18-38(30-37)40-27-28-47-52-43(40)21-11-24-46(52)56-51(36-15-6-3-7-16-36)54-45-23-12-22-44-41-19-8-9-20-42(41)48(53(44)45)31-49(54)50(55(47)56)35-13-4-2-5-14-35/h2-31H,1H3. The van der Waals surface area contributed by atoms with Crippen molar-refractivity contribution in [1.29, 1.82) is 5.26 Å². The van der Waals surface area contributed by atoms with Gasteiger partial charge in [0.25, 0.3) is 0 Å². The first-order chi connectivity index (χ1) is 28.2. The second kappa shape index (κ2) is 12.0. The molecule has 0 unspecified atom stereocenters. The lowest BCUT2D eigenvalue weighted by molar-refractivity contribution is 1.41. The Morgan fingerprint density at radius 2 is 0.825 bits per heavy atom. The smallest absolute Gasteiger partial charge is 0.0991 e. The highest BCUT2D eigenvalue weighted by Crippen LogP contribution is 2.55. The van der Waals surface area contributed by atoms with Crippen molar-refractivity contribution in [2.45, 2.75) is 6.92 Å². The molecule has 1 nitrogen and oxygen atoms in total. The molecule has 0 atom stereocenters. The van der Waals surface area contributed by atoms with Gasteiger partial charge < -0.3 is 0 Å². The molecule has 0 aliphatic rings. The molecule has 0 amide bonds. The minimum Gasteiger partial charge on any atom is -0.192 e. The lowest BCUT2D eigenvalue weighted by atomic mass is 9.84. The predicted molar refractivity (Wildman–Crippen MR) is 243 cm³/mol. The first-order valence-corrected chi connectivity index (χ1v) is 19.7. The summed E-state index contributed by atoms with van der Waals surface area (Å²) in [7, 11) is 0. The zero-order chi connectivity index (χ0) is 37.8. The molecule has 0 aromatic heterocycles. The van der Waals surface area contributed by atoms with Crippen LogP contribution in [0.4, 0.5) is 0 Å². The molecular weight excluding hydrogens is 687 g/mol. The SMILES string of the molecule is Cc1cc(C#N)ccc1-c1cccc(-c2ccc3c4c(-c5ccccc5)c5cc6c7ccccc7c7cccc(c5c(-c5ccccc5)c4c4cccc2c34)c76)c1. The van der Waals surface area contributed by atoms with E-state index in [1.165, 1.54) is 109 Å². The van der Waals surface area contributed by atoms with Crippen LogP contribution in [-0.4, -0.2) is 0 Å². The summed E-state index contributed by atoms with van der Waals surface area (Å²) >= 11 is 0. The van der Waals surface area contributed by atoms with Crippen molar-refractivity contribution in [3.8, 4) is 50.6 Å². The van der Waals surface area contributed by atoms with Crippen molar-refractivity contribution in [3.05, 3.63) is 193 Å². The summed E-state index contributed by atoms with van der Waals surface area (Å²) in [5.41, 5.74) is 11.5. The molecule has 0 saturated heterocycles. The number of hydrogen-bond donors (Lipinski definition) is 0. The summed E-state index contributed by atoms with van der Waals surface area (Å²) in [5.74, 6) is 0. The van der Waals surface area contributed by atoms with Gasteiger partial charge in [0.05, 0.1) is 11.6 Å². The number of aryl methyl sites for hydroxylation is 1. The van der Waals surface area contributed by atoms with Crippen molar-refractivity contribution in [2.24, 2.45) is 0 Å². The van der Waals surface area contributed by atoms with Crippen LogP contribution in [0.25, 0.3) is 120 Å². The number of rotatable bonds is 4. The molecule has 1 heteroatoms. The van der Waals surface area contributed by atoms with Gasteiger partial charge in [-0.2, -0.15) is 5.26 Å². The van der Waals surface area contributed by atoms with Crippen molar-refractivity contribution in [2.75, 3.05) is 0 Å². The summed E-state index contributed by atoms with van der Waals surface area (Å²) in [6.07, 6.45) is 0. The van der Waals surface area contributed by atoms with Crippen LogP contribution in [0.1, 0.15) is 11.1 Å². The minimum absolute atomic E-state index is 0.684. The van der Waals surface area contributed by atoms with E-state index in [1.807, 2.05) is 12.1 Å². The molecule has 0 N–H and O–H groups in total. The minimum atomic E-state index is 0.684. The third kappa shape index (κ3) is 4.44. The van der Waals surface area contributed by atoms with Gasteiger partial charge in [-0.1, -0.05) is 158 Å². The summed E-state index contributed by atoms with van der Waals surface area (Å²) < 4.78 is 0. The fraction of sp³-hybridized carbons (Fsp3) is 0.0179. The Morgan fingerprint density at radius 3 is 1.54 bits per heavy atom. The predicted octanol–water partition coefficient (Wildman–Crippen LogP) is 15.5. The molecule has 0 fully saturated rings. The largest absolute Gasteiger partial charge is 0.192 e. The van der Waals surface area contributed by atoms with Crippen molar-refractivity contribution < 1.29 is 0 Å². The molecular formula is C56H33N. The number of fused-ring (bicyclic) bond motifs is 8. The zero-order valence-corrected chi connectivity index (χ0v) is 31.3. The maximum absolute atomic E-state index is 9.51. The maximum Gasteiger partial charge on any atom is 0.0991 e. The van der Waals surface area contributed by atoms with Crippen LogP contribution in [0.3, 0.4) is 0 Å². The van der Waals surface area contributed by atoms with Crippen molar-refractivity contribution in [1.82, 2.24) is 0 Å². The van der Waals surface area contributed by atoms with Gasteiger partial charge in [-0.15, -0.1) is 0 Å². The van der Waals surface area contributed by atoms with Gasteiger partial charge in [0.1, 0.15) is 0 Å². The molecule has 12 aromatic carbocycles. The van der Waals surface area contributed by atoms with Crippen LogP contribution in [-0.2, 0) is 0 Å². The summed E-state index contributed by atoms with van der Waals surface area (Å²) in [5, 5.41) is 27.7. The molecule has 57 heavy (non-hydrogen) atoms. The lowest BCUT2D eigenvalue weighted by Gasteiger charge is -2.19. The molecule has 12 rings (SSSR count). The Kier molecular flexibility index (Phi) is 6.68. The van der Waals surface area contributed by atoms with Gasteiger partial charge in [0.2, 0.25) is 0 Å². The van der Waals surface area contributed by atoms with Gasteiger partial charge in [-0.25, -0.2) is 0 Å². The zero-order valence-electron chi connectivity index (χ0n) is 31.3. The molecule has 0 saturated carbocycles. The normalized spacial score (nSPS) is 11.9. The Morgan fingerprint density at radius 1 is 0.316 bits per heavy atom. The first kappa shape index (κ1) is 31.8. The van der Waals surface area contributed by atoms with Crippen molar-refractivity contribution in [3.63, 3.8) is 0 Å². The first-order valence-electron chi connectivity index (χ1n) is 19.7. The van der Waals surface area contributed by atoms with Crippen LogP contribution >= 0.6 is 0 Å². The molecule has 262 valence electrons. The van der Waals surface area contributed by atoms with E-state index in [-0.39, 0.29) is 0 Å². The Balaban J connectivity index is 1.27. The van der Waals surface area contributed by atoms with E-state index in [2.05, 4.69) is 183 Å². The van der Waals surface area contributed by atoms with Crippen LogP contribution in [0.2, 0.25) is 0 Å². The van der Waals surface area contributed by atoms with Gasteiger partial charge >= 0.3 is 0 Å². The van der Waals surface area contributed by atoms with E-state index >= 15 is 0 Å². The molecule has 0 spiro atoms. The molecule has 12 aromatic rings. The average molecular weight is 720 g/mol. The van der Waals surface area contributed by atoms with E-state index in [1.54, 1.807) is 0 Å². The third-order valence-corrected chi connectivity index (χ3v) is 12.5. The topological polar surface area (TPSA) is 23.8 Å². The third-order valence-electron chi connectivity index (χ3n) is 12.5. The fourth-order valence-corrected chi connectivity index (χ4v) is 10.2. The van der Waals surface area contributed by atoms with Gasteiger partial charge in [0, 0.05) is 0 Å². The van der Waals surface area contributed by atoms with E-state index in [0.29, 0.717) is 5.56 Å². The number of hydrogen-bond acceptors (Lipinski definition) is 1. The van der Waals surface area contributed by atoms with E-state index in [0.717, 1.165) is 16.7 Å². The monoisotopic (exact) mass is 719 g/mol. The molecule has 0 radical (unpaired) electrons. The second-order valence-corrected chi connectivity index (χ2v) is 15.5. The highest BCUT2D eigenvalue weighted by molar-refractivity contribution is 6.45.